The first-order chi connectivity index (χ1) is 14.3. The Kier molecular flexibility index (Phi) is 6.80. The van der Waals surface area contributed by atoms with Crippen LogP contribution in [0.4, 0.5) is 0 Å². The zero-order valence-electron chi connectivity index (χ0n) is 18.7. The molecule has 160 valence electrons. The summed E-state index contributed by atoms with van der Waals surface area (Å²) in [5, 5.41) is 3.02. The maximum Gasteiger partial charge on any atom is 0.225 e. The van der Waals surface area contributed by atoms with Gasteiger partial charge in [0.1, 0.15) is 11.6 Å². The van der Waals surface area contributed by atoms with Crippen molar-refractivity contribution < 1.29 is 9.53 Å². The number of nitrogens with one attached hydrogen (secondary N) is 1. The molecule has 0 unspecified atom stereocenters. The van der Waals surface area contributed by atoms with Gasteiger partial charge in [0.15, 0.2) is 0 Å². The van der Waals surface area contributed by atoms with Crippen LogP contribution in [-0.2, 0) is 17.9 Å². The number of imidazole rings is 1. The van der Waals surface area contributed by atoms with Crippen molar-refractivity contribution in [3.63, 3.8) is 0 Å². The summed E-state index contributed by atoms with van der Waals surface area (Å²) in [6.07, 6.45) is 0.854. The van der Waals surface area contributed by atoms with E-state index < -0.39 is 5.41 Å². The lowest BCUT2D eigenvalue weighted by atomic mass is 9.96. The van der Waals surface area contributed by atoms with Crippen LogP contribution >= 0.6 is 0 Å². The normalized spacial score (nSPS) is 11.8. The highest BCUT2D eigenvalue weighted by molar-refractivity contribution is 5.81. The molecule has 5 heteroatoms. The molecular weight excluding hydrogens is 374 g/mol. The number of ether oxygens (including phenoxy) is 1. The summed E-state index contributed by atoms with van der Waals surface area (Å²) in [6.45, 7) is 11.9. The fraction of sp³-hybridized carbons (Fsp3) is 0.440. The summed E-state index contributed by atoms with van der Waals surface area (Å²) in [6, 6.07) is 16.4. The molecule has 2 aromatic carbocycles. The Morgan fingerprint density at radius 3 is 2.47 bits per heavy atom. The van der Waals surface area contributed by atoms with Crippen molar-refractivity contribution in [1.82, 2.24) is 14.9 Å². The van der Waals surface area contributed by atoms with Crippen LogP contribution in [0.3, 0.4) is 0 Å². The number of carbonyl (C=O) groups excluding carboxylic acids is 1. The first kappa shape index (κ1) is 21.9. The average molecular weight is 408 g/mol. The smallest absolute Gasteiger partial charge is 0.225 e. The molecular formula is C25H33N3O2. The van der Waals surface area contributed by atoms with Gasteiger partial charge >= 0.3 is 0 Å². The van der Waals surface area contributed by atoms with Crippen LogP contribution in [0, 0.1) is 5.41 Å². The standard InChI is InChI=1S/C25H33N3O2/c1-18(2)19-11-13-20(14-12-19)30-16-8-15-28-22-10-7-6-9-21(22)27-23(28)17-26-24(29)25(3,4)5/h6-7,9-14,18H,8,15-17H2,1-5H3,(H,26,29). The van der Waals surface area contributed by atoms with Crippen LogP contribution < -0.4 is 10.1 Å². The molecule has 0 saturated carbocycles. The molecule has 1 amide bonds. The minimum atomic E-state index is -0.421. The van der Waals surface area contributed by atoms with Crippen molar-refractivity contribution in [3.05, 3.63) is 59.9 Å². The summed E-state index contributed by atoms with van der Waals surface area (Å²) in [5.74, 6) is 2.31. The van der Waals surface area contributed by atoms with Crippen molar-refractivity contribution in [2.24, 2.45) is 5.41 Å². The summed E-state index contributed by atoms with van der Waals surface area (Å²) < 4.78 is 8.11. The first-order valence-electron chi connectivity index (χ1n) is 10.7. The lowest BCUT2D eigenvalue weighted by Crippen LogP contribution is -2.35. The summed E-state index contributed by atoms with van der Waals surface area (Å²) in [7, 11) is 0. The van der Waals surface area contributed by atoms with Gasteiger partial charge in [-0.05, 0) is 42.2 Å². The lowest BCUT2D eigenvalue weighted by Gasteiger charge is -2.18. The Morgan fingerprint density at radius 1 is 1.10 bits per heavy atom. The SMILES string of the molecule is CC(C)c1ccc(OCCCn2c(CNC(=O)C(C)(C)C)nc3ccccc32)cc1. The summed E-state index contributed by atoms with van der Waals surface area (Å²) in [5.41, 5.74) is 2.92. The molecule has 0 saturated heterocycles. The number of carbonyl (C=O) groups is 1. The molecule has 1 aromatic heterocycles. The third kappa shape index (κ3) is 5.41. The molecule has 0 spiro atoms. The first-order valence-corrected chi connectivity index (χ1v) is 10.7. The van der Waals surface area contributed by atoms with E-state index in [-0.39, 0.29) is 5.91 Å². The van der Waals surface area contributed by atoms with Crippen LogP contribution in [-0.4, -0.2) is 22.1 Å². The molecule has 1 heterocycles. The predicted molar refractivity (Wildman–Crippen MR) is 122 cm³/mol. The van der Waals surface area contributed by atoms with Gasteiger partial charge in [0.25, 0.3) is 0 Å². The molecule has 1 N–H and O–H groups in total. The van der Waals surface area contributed by atoms with E-state index in [9.17, 15) is 4.79 Å². The molecule has 0 aliphatic heterocycles. The van der Waals surface area contributed by atoms with Gasteiger partial charge in [0, 0.05) is 12.0 Å². The van der Waals surface area contributed by atoms with E-state index in [4.69, 9.17) is 9.72 Å². The lowest BCUT2D eigenvalue weighted by molar-refractivity contribution is -0.128. The van der Waals surface area contributed by atoms with E-state index in [2.05, 4.69) is 41.9 Å². The molecule has 0 bridgehead atoms. The Morgan fingerprint density at radius 2 is 1.80 bits per heavy atom. The van der Waals surface area contributed by atoms with Crippen LogP contribution in [0.25, 0.3) is 11.0 Å². The van der Waals surface area contributed by atoms with E-state index in [0.29, 0.717) is 19.1 Å². The maximum atomic E-state index is 12.3. The summed E-state index contributed by atoms with van der Waals surface area (Å²) in [4.78, 5) is 17.0. The van der Waals surface area contributed by atoms with Crippen molar-refractivity contribution in [2.75, 3.05) is 6.61 Å². The molecule has 0 radical (unpaired) electrons. The number of nitrogens with zero attached hydrogens (tertiary/aromatic N) is 2. The Bertz CT molecular complexity index is 982. The van der Waals surface area contributed by atoms with Crippen molar-refractivity contribution in [3.8, 4) is 5.75 Å². The topological polar surface area (TPSA) is 56.1 Å². The van der Waals surface area contributed by atoms with Crippen LogP contribution in [0.1, 0.15) is 58.3 Å². The molecule has 0 atom stereocenters. The van der Waals surface area contributed by atoms with E-state index in [0.717, 1.165) is 35.6 Å². The Balaban J connectivity index is 1.63. The van der Waals surface area contributed by atoms with E-state index in [1.165, 1.54) is 5.56 Å². The van der Waals surface area contributed by atoms with Gasteiger partial charge in [-0.3, -0.25) is 4.79 Å². The number of hydrogen-bond donors (Lipinski definition) is 1. The minimum absolute atomic E-state index is 0.0225. The zero-order valence-corrected chi connectivity index (χ0v) is 18.7. The van der Waals surface area contributed by atoms with Crippen molar-refractivity contribution in [1.29, 1.82) is 0 Å². The van der Waals surface area contributed by atoms with Crippen molar-refractivity contribution in [2.45, 2.75) is 60.0 Å². The molecule has 30 heavy (non-hydrogen) atoms. The second-order valence-corrected chi connectivity index (χ2v) is 9.03. The number of aryl methyl sites for hydroxylation is 1. The number of amides is 1. The molecule has 3 rings (SSSR count). The van der Waals surface area contributed by atoms with Gasteiger partial charge in [-0.25, -0.2) is 4.98 Å². The van der Waals surface area contributed by atoms with E-state index in [1.807, 2.05) is 51.1 Å². The zero-order chi connectivity index (χ0) is 21.7. The molecule has 5 nitrogen and oxygen atoms in total. The van der Waals surface area contributed by atoms with Gasteiger partial charge in [-0.2, -0.15) is 0 Å². The second kappa shape index (κ2) is 9.33. The fourth-order valence-electron chi connectivity index (χ4n) is 3.30. The quantitative estimate of drug-likeness (QED) is 0.516. The van der Waals surface area contributed by atoms with Crippen LogP contribution in [0.2, 0.25) is 0 Å². The minimum Gasteiger partial charge on any atom is -0.494 e. The molecule has 3 aromatic rings. The van der Waals surface area contributed by atoms with Gasteiger partial charge in [0.05, 0.1) is 24.2 Å². The number of para-hydroxylation sites is 2. The maximum absolute atomic E-state index is 12.3. The van der Waals surface area contributed by atoms with Gasteiger partial charge in [-0.1, -0.05) is 58.9 Å². The van der Waals surface area contributed by atoms with Gasteiger partial charge in [-0.15, -0.1) is 0 Å². The molecule has 0 aliphatic carbocycles. The Labute approximate surface area is 179 Å². The highest BCUT2D eigenvalue weighted by Crippen LogP contribution is 2.20. The number of fused-ring (bicyclic) bond motifs is 1. The van der Waals surface area contributed by atoms with Crippen LogP contribution in [0.15, 0.2) is 48.5 Å². The van der Waals surface area contributed by atoms with E-state index >= 15 is 0 Å². The number of benzene rings is 2. The number of rotatable bonds is 8. The number of aromatic nitrogens is 2. The third-order valence-electron chi connectivity index (χ3n) is 5.16. The second-order valence-electron chi connectivity index (χ2n) is 9.03. The summed E-state index contributed by atoms with van der Waals surface area (Å²) >= 11 is 0. The van der Waals surface area contributed by atoms with Crippen molar-refractivity contribution >= 4 is 16.9 Å². The van der Waals surface area contributed by atoms with Gasteiger partial charge < -0.3 is 14.6 Å². The largest absolute Gasteiger partial charge is 0.494 e. The fourth-order valence-corrected chi connectivity index (χ4v) is 3.30. The average Bonchev–Trinajstić information content (AvgIpc) is 3.06. The molecule has 0 aliphatic rings. The molecule has 0 fully saturated rings. The monoisotopic (exact) mass is 407 g/mol. The third-order valence-corrected chi connectivity index (χ3v) is 5.16. The van der Waals surface area contributed by atoms with Crippen LogP contribution in [0.5, 0.6) is 5.75 Å². The highest BCUT2D eigenvalue weighted by Gasteiger charge is 2.21. The van der Waals surface area contributed by atoms with Gasteiger partial charge in [0.2, 0.25) is 5.91 Å². The predicted octanol–water partition coefficient (Wildman–Crippen LogP) is 5.29. The number of hydrogen-bond acceptors (Lipinski definition) is 3. The Hall–Kier alpha value is -2.82. The highest BCUT2D eigenvalue weighted by atomic mass is 16.5. The van der Waals surface area contributed by atoms with E-state index in [1.54, 1.807) is 0 Å².